The Bertz CT molecular complexity index is 3180. The summed E-state index contributed by atoms with van der Waals surface area (Å²) in [6.07, 6.45) is 6.56. The number of aromatic amines is 1. The van der Waals surface area contributed by atoms with E-state index in [4.69, 9.17) is 25.8 Å². The zero-order chi connectivity index (χ0) is 53.7. The summed E-state index contributed by atoms with van der Waals surface area (Å²) in [5.41, 5.74) is 7.70. The van der Waals surface area contributed by atoms with Gasteiger partial charge in [-0.25, -0.2) is 9.19 Å². The molecule has 1 aliphatic carbocycles. The molecule has 9 rings (SSSR count). The van der Waals surface area contributed by atoms with E-state index < -0.39 is 27.7 Å². The maximum absolute atomic E-state index is 14.0. The van der Waals surface area contributed by atoms with Crippen molar-refractivity contribution in [2.75, 3.05) is 82.5 Å². The molecule has 0 saturated carbocycles. The Morgan fingerprint density at radius 1 is 0.844 bits per heavy atom. The molecule has 7 aromatic rings. The number of nitrogens with one attached hydrogen (secondary N) is 4. The Labute approximate surface area is 455 Å². The van der Waals surface area contributed by atoms with Gasteiger partial charge in [0.25, 0.3) is 11.6 Å². The highest BCUT2D eigenvalue weighted by Crippen LogP contribution is 2.43. The molecule has 1 unspecified atom stereocenters. The number of halogens is 1. The second-order valence-corrected chi connectivity index (χ2v) is 21.5. The summed E-state index contributed by atoms with van der Waals surface area (Å²) >= 11 is 6.27. The number of pyridine rings is 1. The van der Waals surface area contributed by atoms with Gasteiger partial charge in [-0.1, -0.05) is 104 Å². The van der Waals surface area contributed by atoms with Crippen LogP contribution in [-0.2, 0) is 25.3 Å². The maximum Gasteiger partial charge on any atom is 0.293 e. The number of H-pyrrole nitrogens is 1. The van der Waals surface area contributed by atoms with Crippen molar-refractivity contribution in [1.82, 2.24) is 24.9 Å². The summed E-state index contributed by atoms with van der Waals surface area (Å²) in [4.78, 5) is 51.3. The number of hydrogen-bond acceptors (Lipinski definition) is 12. The number of carbonyl (C=O) groups excluding carboxylic acids is 2. The summed E-state index contributed by atoms with van der Waals surface area (Å²) in [5, 5.41) is 19.8. The van der Waals surface area contributed by atoms with Crippen LogP contribution in [0.1, 0.15) is 66.1 Å². The highest BCUT2D eigenvalue weighted by Gasteiger charge is 2.30. The van der Waals surface area contributed by atoms with Crippen molar-refractivity contribution in [1.29, 1.82) is 0 Å². The molecule has 400 valence electrons. The number of rotatable bonds is 23. The molecular formula is C59H63ClN8O8S. The van der Waals surface area contributed by atoms with Crippen molar-refractivity contribution in [3.05, 3.63) is 189 Å². The van der Waals surface area contributed by atoms with E-state index in [1.165, 1.54) is 34.9 Å². The first-order chi connectivity index (χ1) is 37.4. The van der Waals surface area contributed by atoms with Gasteiger partial charge < -0.3 is 34.7 Å². The Kier molecular flexibility index (Phi) is 18.1. The number of carbonyl (C=O) groups is 2. The van der Waals surface area contributed by atoms with Gasteiger partial charge in [-0.05, 0) is 95.5 Å². The zero-order valence-electron chi connectivity index (χ0n) is 43.2. The van der Waals surface area contributed by atoms with Crippen LogP contribution in [0.5, 0.6) is 11.5 Å². The van der Waals surface area contributed by atoms with E-state index in [1.807, 2.05) is 97.1 Å². The molecule has 1 fully saturated rings. The third kappa shape index (κ3) is 14.3. The molecule has 4 N–H and O–H groups in total. The molecule has 2 amide bonds. The summed E-state index contributed by atoms with van der Waals surface area (Å²) in [7, 11) is -2.18. The molecule has 18 heteroatoms. The fourth-order valence-corrected chi connectivity index (χ4v) is 10.8. The molecule has 77 heavy (non-hydrogen) atoms. The molecule has 16 nitrogen and oxygen atoms in total. The minimum atomic E-state index is -2.18. The molecule has 3 heterocycles. The number of allylic oxidation sites excluding steroid dienone is 1. The third-order valence-corrected chi connectivity index (χ3v) is 15.2. The smallest absolute Gasteiger partial charge is 0.293 e. The van der Waals surface area contributed by atoms with Gasteiger partial charge in [-0.3, -0.25) is 29.3 Å². The number of aromatic nitrogens is 2. The Balaban J connectivity index is 0.776. The molecule has 5 aromatic carbocycles. The van der Waals surface area contributed by atoms with Gasteiger partial charge in [0.2, 0.25) is 5.91 Å². The minimum Gasteiger partial charge on any atom is -0.455 e. The van der Waals surface area contributed by atoms with Crippen molar-refractivity contribution < 1.29 is 32.9 Å². The average Bonchev–Trinajstić information content (AvgIpc) is 3.92. The Morgan fingerprint density at radius 2 is 1.55 bits per heavy atom. The van der Waals surface area contributed by atoms with Gasteiger partial charge in [0.1, 0.15) is 22.8 Å². The predicted octanol–water partition coefficient (Wildman–Crippen LogP) is 10.5. The number of ether oxygens (including phenoxy) is 3. The monoisotopic (exact) mass is 1080 g/mol. The van der Waals surface area contributed by atoms with E-state index in [9.17, 15) is 23.9 Å². The van der Waals surface area contributed by atoms with Gasteiger partial charge >= 0.3 is 0 Å². The topological polar surface area (TPSA) is 193 Å². The number of nitro groups is 1. The lowest BCUT2D eigenvalue weighted by molar-refractivity contribution is -0.384. The average molecular weight is 1080 g/mol. The molecular weight excluding hydrogens is 1020 g/mol. The van der Waals surface area contributed by atoms with E-state index in [0.717, 1.165) is 79.2 Å². The Morgan fingerprint density at radius 3 is 2.25 bits per heavy atom. The lowest BCUT2D eigenvalue weighted by atomic mass is 9.72. The summed E-state index contributed by atoms with van der Waals surface area (Å²) in [6.45, 7) is 10.4. The van der Waals surface area contributed by atoms with Crippen molar-refractivity contribution in [3.8, 4) is 11.5 Å². The molecule has 1 atom stereocenters. The molecule has 1 saturated heterocycles. The minimum absolute atomic E-state index is 0.0305. The first-order valence-electron chi connectivity index (χ1n) is 25.8. The van der Waals surface area contributed by atoms with Gasteiger partial charge in [0.15, 0.2) is 11.0 Å². The van der Waals surface area contributed by atoms with E-state index in [-0.39, 0.29) is 65.3 Å². The molecule has 2 aliphatic rings. The van der Waals surface area contributed by atoms with E-state index in [1.54, 1.807) is 18.5 Å². The summed E-state index contributed by atoms with van der Waals surface area (Å²) < 4.78 is 34.0. The van der Waals surface area contributed by atoms with Crippen LogP contribution in [0.3, 0.4) is 0 Å². The van der Waals surface area contributed by atoms with Crippen LogP contribution in [0.15, 0.2) is 156 Å². The van der Waals surface area contributed by atoms with Crippen LogP contribution in [0.25, 0.3) is 16.6 Å². The standard InChI is InChI=1S/C59H63ClN8O8S/c1-59(2)23-21-45(51(38-59)41-13-15-46(60)16-14-41)40-66-27-29-67(30-28-66)47-17-19-50(54(36-47)76-48-35-44-22-24-62-56(44)64-39-48)57(69)65-77(73)49-18-20-52(53(37-49)68(71)72)61-25-31-74-33-34-75-32-26-63-58(70)55(42-9-5-3-6-10-42)43-11-7-4-8-12-43/h3-20,22,24,35-37,39,55,61H,21,23,25-34,38,40H2,1-2H3,(H,62,64)(H,63,70)(H,65,69). The molecule has 0 bridgehead atoms. The van der Waals surface area contributed by atoms with Crippen LogP contribution >= 0.6 is 11.6 Å². The largest absolute Gasteiger partial charge is 0.455 e. The maximum atomic E-state index is 14.0. The highest BCUT2D eigenvalue weighted by molar-refractivity contribution is 7.83. The van der Waals surface area contributed by atoms with Crippen LogP contribution < -0.4 is 25.0 Å². The van der Waals surface area contributed by atoms with Crippen LogP contribution in [0, 0.1) is 15.5 Å². The van der Waals surface area contributed by atoms with Gasteiger partial charge in [-0.15, -0.1) is 0 Å². The quantitative estimate of drug-likeness (QED) is 0.0270. The Hall–Kier alpha value is -7.41. The van der Waals surface area contributed by atoms with Gasteiger partial charge in [-0.2, -0.15) is 0 Å². The first-order valence-corrected chi connectivity index (χ1v) is 27.4. The van der Waals surface area contributed by atoms with Crippen molar-refractivity contribution >= 4 is 68.1 Å². The normalized spacial score (nSPS) is 15.1. The van der Waals surface area contributed by atoms with Crippen molar-refractivity contribution in [2.45, 2.75) is 43.9 Å². The number of benzene rings is 5. The number of hydrogen-bond donors (Lipinski definition) is 4. The van der Waals surface area contributed by atoms with Crippen LogP contribution in [0.4, 0.5) is 17.1 Å². The lowest BCUT2D eigenvalue weighted by Crippen LogP contribution is -2.47. The number of nitrogens with zero attached hydrogens (tertiary/aromatic N) is 4. The van der Waals surface area contributed by atoms with E-state index in [2.05, 4.69) is 61.1 Å². The van der Waals surface area contributed by atoms with Crippen LogP contribution in [0.2, 0.25) is 5.02 Å². The van der Waals surface area contributed by atoms with Crippen molar-refractivity contribution in [2.24, 2.45) is 5.41 Å². The summed E-state index contributed by atoms with van der Waals surface area (Å²) in [6, 6.07) is 40.6. The number of anilines is 2. The zero-order valence-corrected chi connectivity index (χ0v) is 44.7. The second kappa shape index (κ2) is 25.6. The predicted molar refractivity (Wildman–Crippen MR) is 302 cm³/mol. The van der Waals surface area contributed by atoms with Crippen LogP contribution in [-0.4, -0.2) is 108 Å². The fraction of sp³-hybridized carbons (Fsp3) is 0.305. The summed E-state index contributed by atoms with van der Waals surface area (Å²) in [5.74, 6) is -0.616. The van der Waals surface area contributed by atoms with Gasteiger partial charge in [0, 0.05) is 80.2 Å². The third-order valence-electron chi connectivity index (χ3n) is 13.9. The molecule has 0 spiro atoms. The van der Waals surface area contributed by atoms with E-state index >= 15 is 0 Å². The van der Waals surface area contributed by atoms with E-state index in [0.29, 0.717) is 24.5 Å². The highest BCUT2D eigenvalue weighted by atomic mass is 35.5. The number of nitro benzene ring substituents is 1. The molecule has 1 aliphatic heterocycles. The number of amides is 2. The first kappa shape index (κ1) is 54.4. The number of fused-ring (bicyclic) bond motifs is 1. The fourth-order valence-electron chi connectivity index (χ4n) is 9.82. The lowest BCUT2D eigenvalue weighted by Gasteiger charge is -2.39. The molecule has 0 radical (unpaired) electrons. The van der Waals surface area contributed by atoms with Gasteiger partial charge in [0.05, 0.1) is 53.9 Å². The second-order valence-electron chi connectivity index (χ2n) is 19.9. The van der Waals surface area contributed by atoms with Crippen molar-refractivity contribution in [3.63, 3.8) is 0 Å². The molecule has 2 aromatic heterocycles. The number of piperazine rings is 1. The SMILES string of the molecule is CC1(C)CCC(CN2CCN(c3ccc(C(=O)NS(=O)c4ccc(NCCOCCOCCNC(=O)C(c5ccccc5)c5ccccc5)c([N+](=O)[O-])c4)c(Oc4cnc5[nH]ccc5c4)c3)CC2)=C(c2ccc(Cl)cc2)C1.